The highest BCUT2D eigenvalue weighted by atomic mass is 16.3. The van der Waals surface area contributed by atoms with E-state index in [2.05, 4.69) is 28.7 Å². The number of amides is 1. The fourth-order valence-electron chi connectivity index (χ4n) is 2.66. The predicted molar refractivity (Wildman–Crippen MR) is 82.9 cm³/mol. The molecule has 116 valence electrons. The van der Waals surface area contributed by atoms with Crippen LogP contribution in [0.25, 0.3) is 0 Å². The highest BCUT2D eigenvalue weighted by Gasteiger charge is 2.27. The smallest absolute Gasteiger partial charge is 0.289 e. The molecule has 1 aliphatic heterocycles. The van der Waals surface area contributed by atoms with Crippen molar-refractivity contribution in [2.75, 3.05) is 31.1 Å². The van der Waals surface area contributed by atoms with Crippen LogP contribution in [-0.2, 0) is 0 Å². The van der Waals surface area contributed by atoms with Crippen molar-refractivity contribution in [1.29, 1.82) is 0 Å². The van der Waals surface area contributed by atoms with Gasteiger partial charge >= 0.3 is 0 Å². The van der Waals surface area contributed by atoms with Crippen LogP contribution < -0.4 is 4.90 Å². The lowest BCUT2D eigenvalue weighted by molar-refractivity contribution is 0.0712. The van der Waals surface area contributed by atoms with Gasteiger partial charge in [-0.05, 0) is 18.1 Å². The molecule has 6 nitrogen and oxygen atoms in total. The normalized spacial score (nSPS) is 15.4. The maximum absolute atomic E-state index is 12.6. The Morgan fingerprint density at radius 3 is 2.50 bits per heavy atom. The monoisotopic (exact) mass is 300 g/mol. The van der Waals surface area contributed by atoms with Crippen molar-refractivity contribution in [3.05, 3.63) is 42.1 Å². The van der Waals surface area contributed by atoms with Crippen LogP contribution in [0.4, 0.5) is 5.95 Å². The predicted octanol–water partition coefficient (Wildman–Crippen LogP) is 2.16. The minimum Gasteiger partial charge on any atom is -0.459 e. The number of nitrogens with zero attached hydrogens (tertiary/aromatic N) is 4. The molecule has 0 aromatic carbocycles. The zero-order chi connectivity index (χ0) is 15.5. The molecule has 0 radical (unpaired) electrons. The summed E-state index contributed by atoms with van der Waals surface area (Å²) >= 11 is 0. The first-order chi connectivity index (χ1) is 10.7. The molecular weight excluding hydrogens is 280 g/mol. The van der Waals surface area contributed by atoms with Crippen molar-refractivity contribution in [2.45, 2.75) is 19.8 Å². The van der Waals surface area contributed by atoms with E-state index in [1.807, 2.05) is 11.0 Å². The molecule has 1 aliphatic rings. The Bertz CT molecular complexity index is 631. The van der Waals surface area contributed by atoms with Crippen LogP contribution in [0.5, 0.6) is 0 Å². The van der Waals surface area contributed by atoms with E-state index in [9.17, 15) is 4.79 Å². The molecule has 1 fully saturated rings. The van der Waals surface area contributed by atoms with Gasteiger partial charge < -0.3 is 14.2 Å². The molecule has 3 heterocycles. The lowest BCUT2D eigenvalue weighted by Crippen LogP contribution is -2.49. The Kier molecular flexibility index (Phi) is 4.09. The molecule has 22 heavy (non-hydrogen) atoms. The number of rotatable bonds is 3. The molecule has 0 unspecified atom stereocenters. The lowest BCUT2D eigenvalue weighted by atomic mass is 10.0. The van der Waals surface area contributed by atoms with Crippen LogP contribution in [-0.4, -0.2) is 47.0 Å². The van der Waals surface area contributed by atoms with Gasteiger partial charge in [-0.2, -0.15) is 0 Å². The van der Waals surface area contributed by atoms with E-state index in [1.54, 1.807) is 24.7 Å². The van der Waals surface area contributed by atoms with Crippen LogP contribution in [0.3, 0.4) is 0 Å². The van der Waals surface area contributed by atoms with Gasteiger partial charge in [-0.25, -0.2) is 9.97 Å². The number of hydrogen-bond acceptors (Lipinski definition) is 5. The minimum atomic E-state index is -0.0256. The second kappa shape index (κ2) is 6.17. The zero-order valence-electron chi connectivity index (χ0n) is 12.9. The summed E-state index contributed by atoms with van der Waals surface area (Å²) in [6, 6.07) is 3.68. The summed E-state index contributed by atoms with van der Waals surface area (Å²) in [6.45, 7) is 6.88. The number of carbonyl (C=O) groups is 1. The van der Waals surface area contributed by atoms with Crippen LogP contribution in [0.2, 0.25) is 0 Å². The van der Waals surface area contributed by atoms with Gasteiger partial charge in [0.25, 0.3) is 5.91 Å². The highest BCUT2D eigenvalue weighted by Crippen LogP contribution is 2.22. The number of anilines is 1. The van der Waals surface area contributed by atoms with E-state index >= 15 is 0 Å². The molecule has 0 spiro atoms. The molecule has 0 saturated carbocycles. The second-order valence-electron chi connectivity index (χ2n) is 5.69. The molecule has 0 aliphatic carbocycles. The SMILES string of the molecule is CC(C)c1ccoc1C(=O)N1CCN(c2ncccn2)CC1. The number of aromatic nitrogens is 2. The Balaban J connectivity index is 1.66. The van der Waals surface area contributed by atoms with Gasteiger partial charge in [-0.3, -0.25) is 4.79 Å². The standard InChI is InChI=1S/C16H20N4O2/c1-12(2)13-4-11-22-14(13)15(21)19-7-9-20(10-8-19)16-17-5-3-6-18-16/h3-6,11-12H,7-10H2,1-2H3. The van der Waals surface area contributed by atoms with Crippen molar-refractivity contribution < 1.29 is 9.21 Å². The number of hydrogen-bond donors (Lipinski definition) is 0. The van der Waals surface area contributed by atoms with E-state index in [0.717, 1.165) is 24.6 Å². The van der Waals surface area contributed by atoms with Gasteiger partial charge in [-0.15, -0.1) is 0 Å². The summed E-state index contributed by atoms with van der Waals surface area (Å²) in [4.78, 5) is 25.0. The topological polar surface area (TPSA) is 62.5 Å². The molecule has 0 atom stereocenters. The van der Waals surface area contributed by atoms with E-state index in [0.29, 0.717) is 18.8 Å². The summed E-state index contributed by atoms with van der Waals surface area (Å²) in [5.74, 6) is 1.44. The van der Waals surface area contributed by atoms with Gasteiger partial charge in [0, 0.05) is 44.1 Å². The Morgan fingerprint density at radius 1 is 1.18 bits per heavy atom. The number of furan rings is 1. The minimum absolute atomic E-state index is 0.0256. The molecule has 2 aromatic heterocycles. The molecule has 1 amide bonds. The van der Waals surface area contributed by atoms with Crippen molar-refractivity contribution >= 4 is 11.9 Å². The van der Waals surface area contributed by atoms with Crippen LogP contribution >= 0.6 is 0 Å². The third-order valence-electron chi connectivity index (χ3n) is 3.91. The van der Waals surface area contributed by atoms with Gasteiger partial charge in [0.05, 0.1) is 6.26 Å². The first-order valence-electron chi connectivity index (χ1n) is 7.55. The summed E-state index contributed by atoms with van der Waals surface area (Å²) in [6.07, 6.45) is 5.06. The first-order valence-corrected chi connectivity index (χ1v) is 7.55. The summed E-state index contributed by atoms with van der Waals surface area (Å²) < 4.78 is 5.42. The van der Waals surface area contributed by atoms with E-state index < -0.39 is 0 Å². The van der Waals surface area contributed by atoms with Gasteiger partial charge in [-0.1, -0.05) is 13.8 Å². The third kappa shape index (κ3) is 2.81. The third-order valence-corrected chi connectivity index (χ3v) is 3.91. The fraction of sp³-hybridized carbons (Fsp3) is 0.438. The van der Waals surface area contributed by atoms with E-state index in [-0.39, 0.29) is 11.8 Å². The van der Waals surface area contributed by atoms with E-state index in [1.165, 1.54) is 0 Å². The first kappa shape index (κ1) is 14.6. The van der Waals surface area contributed by atoms with Crippen LogP contribution in [0, 0.1) is 0 Å². The van der Waals surface area contributed by atoms with Crippen molar-refractivity contribution in [1.82, 2.24) is 14.9 Å². The molecule has 3 rings (SSSR count). The zero-order valence-corrected chi connectivity index (χ0v) is 12.9. The number of piperazine rings is 1. The summed E-state index contributed by atoms with van der Waals surface area (Å²) in [5, 5.41) is 0. The molecule has 6 heteroatoms. The molecule has 2 aromatic rings. The van der Waals surface area contributed by atoms with Crippen LogP contribution in [0.1, 0.15) is 35.9 Å². The largest absolute Gasteiger partial charge is 0.459 e. The van der Waals surface area contributed by atoms with Gasteiger partial charge in [0.15, 0.2) is 5.76 Å². The quantitative estimate of drug-likeness (QED) is 0.869. The average Bonchev–Trinajstić information content (AvgIpc) is 3.05. The molecule has 0 N–H and O–H groups in total. The van der Waals surface area contributed by atoms with Crippen LogP contribution in [0.15, 0.2) is 35.2 Å². The Hall–Kier alpha value is -2.37. The van der Waals surface area contributed by atoms with Gasteiger partial charge in [0.1, 0.15) is 0 Å². The Labute approximate surface area is 129 Å². The maximum Gasteiger partial charge on any atom is 0.289 e. The highest BCUT2D eigenvalue weighted by molar-refractivity contribution is 5.93. The fourth-order valence-corrected chi connectivity index (χ4v) is 2.66. The molecular formula is C16H20N4O2. The van der Waals surface area contributed by atoms with Crippen molar-refractivity contribution in [3.8, 4) is 0 Å². The molecule has 1 saturated heterocycles. The van der Waals surface area contributed by atoms with Crippen molar-refractivity contribution in [3.63, 3.8) is 0 Å². The van der Waals surface area contributed by atoms with Gasteiger partial charge in [0.2, 0.25) is 5.95 Å². The number of carbonyl (C=O) groups excluding carboxylic acids is 1. The van der Waals surface area contributed by atoms with Crippen molar-refractivity contribution in [2.24, 2.45) is 0 Å². The summed E-state index contributed by atoms with van der Waals surface area (Å²) in [5.41, 5.74) is 0.971. The Morgan fingerprint density at radius 2 is 1.86 bits per heavy atom. The summed E-state index contributed by atoms with van der Waals surface area (Å²) in [7, 11) is 0. The second-order valence-corrected chi connectivity index (χ2v) is 5.69. The molecule has 0 bridgehead atoms. The maximum atomic E-state index is 12.6. The average molecular weight is 300 g/mol. The van der Waals surface area contributed by atoms with E-state index in [4.69, 9.17) is 4.42 Å². The lowest BCUT2D eigenvalue weighted by Gasteiger charge is -2.34.